The highest BCUT2D eigenvalue weighted by Crippen LogP contribution is 2.20. The molecule has 0 saturated carbocycles. The van der Waals surface area contributed by atoms with E-state index in [0.29, 0.717) is 12.6 Å². The lowest BCUT2D eigenvalue weighted by molar-refractivity contribution is -0.120. The number of hydrogen-bond donors (Lipinski definition) is 2. The second-order valence-electron chi connectivity index (χ2n) is 7.42. The Balaban J connectivity index is 1.46. The Morgan fingerprint density at radius 3 is 2.84 bits per heavy atom. The Hall–Kier alpha value is -1.69. The number of rotatable bonds is 6. The highest BCUT2D eigenvalue weighted by molar-refractivity contribution is 5.78. The molecule has 1 saturated heterocycles. The van der Waals surface area contributed by atoms with E-state index in [-0.39, 0.29) is 17.9 Å². The summed E-state index contributed by atoms with van der Waals surface area (Å²) in [5.74, 6) is -0.000912. The summed E-state index contributed by atoms with van der Waals surface area (Å²) in [6, 6.07) is 0.668. The van der Waals surface area contributed by atoms with E-state index in [1.165, 1.54) is 25.8 Å². The van der Waals surface area contributed by atoms with Gasteiger partial charge in [0.15, 0.2) is 0 Å². The van der Waals surface area contributed by atoms with Crippen molar-refractivity contribution in [3.8, 4) is 0 Å². The van der Waals surface area contributed by atoms with Gasteiger partial charge in [-0.2, -0.15) is 5.10 Å². The normalized spacial score (nSPS) is 20.9. The van der Waals surface area contributed by atoms with Gasteiger partial charge in [-0.1, -0.05) is 6.42 Å². The number of carbonyl (C=O) groups is 1. The summed E-state index contributed by atoms with van der Waals surface area (Å²) in [7, 11) is 0. The minimum absolute atomic E-state index is 0.000912. The molecule has 6 nitrogen and oxygen atoms in total. The predicted octanol–water partition coefficient (Wildman–Crippen LogP) is 1.57. The third-order valence-corrected chi connectivity index (χ3v) is 5.60. The summed E-state index contributed by atoms with van der Waals surface area (Å²) in [4.78, 5) is 26.6. The molecule has 1 atom stereocenters. The van der Waals surface area contributed by atoms with Gasteiger partial charge in [-0.15, -0.1) is 0 Å². The number of aromatic amines is 1. The highest BCUT2D eigenvalue weighted by atomic mass is 16.1. The third-order valence-electron chi connectivity index (χ3n) is 5.60. The molecule has 0 bridgehead atoms. The molecule has 0 radical (unpaired) electrons. The first-order valence-electron chi connectivity index (χ1n) is 9.75. The molecule has 2 N–H and O–H groups in total. The van der Waals surface area contributed by atoms with Gasteiger partial charge >= 0.3 is 0 Å². The van der Waals surface area contributed by atoms with E-state index in [0.717, 1.165) is 55.5 Å². The predicted molar refractivity (Wildman–Crippen MR) is 97.7 cm³/mol. The SMILES string of the molecule is CC1CCCCN1CCCNC(=O)Cc1n[nH]c(=O)c2c1CCCC2. The third kappa shape index (κ3) is 4.69. The van der Waals surface area contributed by atoms with Gasteiger partial charge in [-0.25, -0.2) is 5.10 Å². The smallest absolute Gasteiger partial charge is 0.267 e. The lowest BCUT2D eigenvalue weighted by atomic mass is 9.91. The summed E-state index contributed by atoms with van der Waals surface area (Å²) in [5, 5.41) is 9.70. The fraction of sp³-hybridized carbons (Fsp3) is 0.737. The van der Waals surface area contributed by atoms with Crippen LogP contribution < -0.4 is 10.9 Å². The first-order valence-corrected chi connectivity index (χ1v) is 9.75. The fourth-order valence-electron chi connectivity index (χ4n) is 4.09. The minimum Gasteiger partial charge on any atom is -0.356 e. The van der Waals surface area contributed by atoms with E-state index in [1.54, 1.807) is 0 Å². The second kappa shape index (κ2) is 8.61. The molecule has 1 aliphatic heterocycles. The number of amides is 1. The van der Waals surface area contributed by atoms with Crippen molar-refractivity contribution in [2.75, 3.05) is 19.6 Å². The van der Waals surface area contributed by atoms with E-state index in [9.17, 15) is 9.59 Å². The molecule has 1 aromatic heterocycles. The average molecular weight is 346 g/mol. The van der Waals surface area contributed by atoms with Crippen LogP contribution in [0.2, 0.25) is 0 Å². The van der Waals surface area contributed by atoms with Crippen molar-refractivity contribution in [2.45, 2.75) is 70.8 Å². The van der Waals surface area contributed by atoms with E-state index in [4.69, 9.17) is 0 Å². The Labute approximate surface area is 149 Å². The monoisotopic (exact) mass is 346 g/mol. The van der Waals surface area contributed by atoms with Crippen LogP contribution in [0.1, 0.15) is 62.3 Å². The summed E-state index contributed by atoms with van der Waals surface area (Å²) in [6.07, 6.45) is 8.94. The quantitative estimate of drug-likeness (QED) is 0.767. The Morgan fingerprint density at radius 2 is 2.04 bits per heavy atom. The zero-order valence-corrected chi connectivity index (χ0v) is 15.3. The molecule has 25 heavy (non-hydrogen) atoms. The molecule has 0 aromatic carbocycles. The Kier molecular flexibility index (Phi) is 6.24. The second-order valence-corrected chi connectivity index (χ2v) is 7.42. The van der Waals surface area contributed by atoms with E-state index < -0.39 is 0 Å². The van der Waals surface area contributed by atoms with Gasteiger partial charge in [0.25, 0.3) is 5.56 Å². The Morgan fingerprint density at radius 1 is 1.24 bits per heavy atom. The molecule has 2 heterocycles. The van der Waals surface area contributed by atoms with Crippen LogP contribution in [0.3, 0.4) is 0 Å². The van der Waals surface area contributed by atoms with Crippen LogP contribution in [0.15, 0.2) is 4.79 Å². The molecule has 1 aromatic rings. The molecule has 1 unspecified atom stereocenters. The summed E-state index contributed by atoms with van der Waals surface area (Å²) < 4.78 is 0. The van der Waals surface area contributed by atoms with Gasteiger partial charge in [0.2, 0.25) is 5.91 Å². The zero-order valence-electron chi connectivity index (χ0n) is 15.3. The van der Waals surface area contributed by atoms with Crippen LogP contribution in [0, 0.1) is 0 Å². The molecule has 3 rings (SSSR count). The molecule has 6 heteroatoms. The van der Waals surface area contributed by atoms with Gasteiger partial charge in [-0.05, 0) is 64.0 Å². The average Bonchev–Trinajstić information content (AvgIpc) is 2.63. The number of nitrogens with zero attached hydrogens (tertiary/aromatic N) is 2. The Bertz CT molecular complexity index is 655. The molecule has 1 amide bonds. The first kappa shape index (κ1) is 18.1. The number of hydrogen-bond acceptors (Lipinski definition) is 4. The van der Waals surface area contributed by atoms with Gasteiger partial charge in [-0.3, -0.25) is 9.59 Å². The van der Waals surface area contributed by atoms with E-state index in [1.807, 2.05) is 0 Å². The molecular formula is C19H30N4O2. The molecule has 2 aliphatic rings. The van der Waals surface area contributed by atoms with Crippen LogP contribution in [-0.2, 0) is 24.1 Å². The number of aromatic nitrogens is 2. The van der Waals surface area contributed by atoms with Crippen LogP contribution in [0.5, 0.6) is 0 Å². The summed E-state index contributed by atoms with van der Waals surface area (Å²) in [5.41, 5.74) is 2.50. The number of piperidine rings is 1. The van der Waals surface area contributed by atoms with Crippen molar-refractivity contribution in [2.24, 2.45) is 0 Å². The van der Waals surface area contributed by atoms with Gasteiger partial charge in [0, 0.05) is 24.7 Å². The summed E-state index contributed by atoms with van der Waals surface area (Å²) in [6.45, 7) is 5.23. The standard InChI is InChI=1S/C19H30N4O2/c1-14-7-4-5-11-23(14)12-6-10-20-18(24)13-17-15-8-2-3-9-16(15)19(25)22-21-17/h14H,2-13H2,1H3,(H,20,24)(H,22,25). The maximum Gasteiger partial charge on any atom is 0.267 e. The van der Waals surface area contributed by atoms with E-state index >= 15 is 0 Å². The number of H-pyrrole nitrogens is 1. The van der Waals surface area contributed by atoms with Crippen LogP contribution in [0.25, 0.3) is 0 Å². The molecule has 0 spiro atoms. The van der Waals surface area contributed by atoms with Gasteiger partial charge < -0.3 is 10.2 Å². The molecule has 1 fully saturated rings. The van der Waals surface area contributed by atoms with Crippen molar-refractivity contribution in [3.63, 3.8) is 0 Å². The van der Waals surface area contributed by atoms with E-state index in [2.05, 4.69) is 27.3 Å². The lowest BCUT2D eigenvalue weighted by Crippen LogP contribution is -2.39. The van der Waals surface area contributed by atoms with Crippen LogP contribution in [-0.4, -0.2) is 46.7 Å². The molecule has 138 valence electrons. The number of nitrogens with one attached hydrogen (secondary N) is 2. The first-order chi connectivity index (χ1) is 12.1. The van der Waals surface area contributed by atoms with Crippen molar-refractivity contribution >= 4 is 5.91 Å². The van der Waals surface area contributed by atoms with Crippen LogP contribution in [0.4, 0.5) is 0 Å². The van der Waals surface area contributed by atoms with Crippen molar-refractivity contribution in [3.05, 3.63) is 27.2 Å². The van der Waals surface area contributed by atoms with Crippen molar-refractivity contribution < 1.29 is 4.79 Å². The van der Waals surface area contributed by atoms with Crippen LogP contribution >= 0.6 is 0 Å². The fourth-order valence-corrected chi connectivity index (χ4v) is 4.09. The topological polar surface area (TPSA) is 78.1 Å². The minimum atomic E-state index is -0.0884. The van der Waals surface area contributed by atoms with Crippen molar-refractivity contribution in [1.82, 2.24) is 20.4 Å². The van der Waals surface area contributed by atoms with Crippen molar-refractivity contribution in [1.29, 1.82) is 0 Å². The van der Waals surface area contributed by atoms with Gasteiger partial charge in [0.05, 0.1) is 12.1 Å². The largest absolute Gasteiger partial charge is 0.356 e. The maximum absolute atomic E-state index is 12.2. The number of fused-ring (bicyclic) bond motifs is 1. The molecule has 1 aliphatic carbocycles. The summed E-state index contributed by atoms with van der Waals surface area (Å²) >= 11 is 0. The number of carbonyl (C=O) groups excluding carboxylic acids is 1. The zero-order chi connectivity index (χ0) is 17.6. The van der Waals surface area contributed by atoms with Gasteiger partial charge in [0.1, 0.15) is 0 Å². The molecular weight excluding hydrogens is 316 g/mol. The number of likely N-dealkylation sites (tertiary alicyclic amines) is 1. The maximum atomic E-state index is 12.2. The highest BCUT2D eigenvalue weighted by Gasteiger charge is 2.20. The lowest BCUT2D eigenvalue weighted by Gasteiger charge is -2.33.